The molecule has 1 aliphatic heterocycles. The molecular formula is C11H20N2. The van der Waals surface area contributed by atoms with Crippen LogP contribution in [0.4, 0.5) is 0 Å². The van der Waals surface area contributed by atoms with Crippen LogP contribution in [0, 0.1) is 0 Å². The molecule has 0 aromatic rings. The van der Waals surface area contributed by atoms with E-state index in [1.807, 2.05) is 12.3 Å². The van der Waals surface area contributed by atoms with Gasteiger partial charge in [0, 0.05) is 18.8 Å². The minimum Gasteiger partial charge on any atom is -0.302 e. The molecular weight excluding hydrogens is 160 g/mol. The standard InChI is InChI=1S/C11H20N2/c1-4-10(2)13(3)9-11-7-5-6-8-12-11/h5-6,8,10-11H,4,7,9H2,1-3H3. The molecule has 0 spiro atoms. The lowest BCUT2D eigenvalue weighted by Gasteiger charge is -2.26. The number of allylic oxidation sites excluding steroid dienone is 1. The van der Waals surface area contributed by atoms with E-state index in [2.05, 4.69) is 36.9 Å². The Morgan fingerprint density at radius 2 is 2.38 bits per heavy atom. The number of rotatable bonds is 4. The maximum Gasteiger partial charge on any atom is 0.0660 e. The fourth-order valence-corrected chi connectivity index (χ4v) is 1.47. The summed E-state index contributed by atoms with van der Waals surface area (Å²) in [6.45, 7) is 5.57. The zero-order valence-electron chi connectivity index (χ0n) is 8.90. The summed E-state index contributed by atoms with van der Waals surface area (Å²) >= 11 is 0. The molecule has 0 aromatic carbocycles. The van der Waals surface area contributed by atoms with E-state index in [4.69, 9.17) is 0 Å². The molecule has 0 saturated heterocycles. The van der Waals surface area contributed by atoms with Crippen LogP contribution in [0.3, 0.4) is 0 Å². The number of aliphatic imine (C=N–C) groups is 1. The van der Waals surface area contributed by atoms with Gasteiger partial charge in [0.2, 0.25) is 0 Å². The molecule has 2 unspecified atom stereocenters. The van der Waals surface area contributed by atoms with Crippen molar-refractivity contribution < 1.29 is 0 Å². The van der Waals surface area contributed by atoms with Crippen LogP contribution in [0.25, 0.3) is 0 Å². The molecule has 1 heterocycles. The largest absolute Gasteiger partial charge is 0.302 e. The van der Waals surface area contributed by atoms with Gasteiger partial charge in [-0.15, -0.1) is 0 Å². The highest BCUT2D eigenvalue weighted by atomic mass is 15.1. The predicted molar refractivity (Wildman–Crippen MR) is 58.4 cm³/mol. The van der Waals surface area contributed by atoms with E-state index in [0.29, 0.717) is 12.1 Å². The van der Waals surface area contributed by atoms with E-state index >= 15 is 0 Å². The molecule has 2 atom stereocenters. The lowest BCUT2D eigenvalue weighted by atomic mass is 10.1. The molecule has 0 N–H and O–H groups in total. The topological polar surface area (TPSA) is 15.6 Å². The van der Waals surface area contributed by atoms with Crippen molar-refractivity contribution in [1.29, 1.82) is 0 Å². The normalized spacial score (nSPS) is 23.8. The average molecular weight is 180 g/mol. The molecule has 0 aliphatic carbocycles. The van der Waals surface area contributed by atoms with E-state index in [1.54, 1.807) is 0 Å². The Morgan fingerprint density at radius 3 is 2.92 bits per heavy atom. The van der Waals surface area contributed by atoms with Crippen LogP contribution in [0.1, 0.15) is 26.7 Å². The number of hydrogen-bond donors (Lipinski definition) is 0. The Labute approximate surface area is 81.3 Å². The molecule has 2 heteroatoms. The first-order chi connectivity index (χ1) is 6.24. The third kappa shape index (κ3) is 3.31. The second kappa shape index (κ2) is 5.18. The minimum absolute atomic E-state index is 0.476. The second-order valence-corrected chi connectivity index (χ2v) is 3.81. The molecule has 1 aliphatic rings. The SMILES string of the molecule is CCC(C)N(C)CC1CC=CC=N1. The van der Waals surface area contributed by atoms with Crippen LogP contribution in [0.5, 0.6) is 0 Å². The molecule has 1 rings (SSSR count). The summed E-state index contributed by atoms with van der Waals surface area (Å²) < 4.78 is 0. The fraction of sp³-hybridized carbons (Fsp3) is 0.727. The highest BCUT2D eigenvalue weighted by Gasteiger charge is 2.13. The van der Waals surface area contributed by atoms with E-state index < -0.39 is 0 Å². The zero-order valence-corrected chi connectivity index (χ0v) is 8.90. The molecule has 0 saturated carbocycles. The Morgan fingerprint density at radius 1 is 1.62 bits per heavy atom. The van der Waals surface area contributed by atoms with Gasteiger partial charge in [-0.3, -0.25) is 4.99 Å². The first-order valence-corrected chi connectivity index (χ1v) is 5.12. The Hall–Kier alpha value is -0.630. The van der Waals surface area contributed by atoms with Gasteiger partial charge in [-0.25, -0.2) is 0 Å². The van der Waals surface area contributed by atoms with Gasteiger partial charge in [-0.1, -0.05) is 13.0 Å². The summed E-state index contributed by atoms with van der Waals surface area (Å²) in [5, 5.41) is 0. The third-order valence-electron chi connectivity index (χ3n) is 2.77. The van der Waals surface area contributed by atoms with Gasteiger partial charge in [0.05, 0.1) is 6.04 Å². The Kier molecular flexibility index (Phi) is 4.16. The smallest absolute Gasteiger partial charge is 0.0660 e. The summed E-state index contributed by atoms with van der Waals surface area (Å²) in [6, 6.07) is 1.14. The molecule has 13 heavy (non-hydrogen) atoms. The summed E-state index contributed by atoms with van der Waals surface area (Å²) in [5.41, 5.74) is 0. The number of dihydropyridines is 1. The fourth-order valence-electron chi connectivity index (χ4n) is 1.47. The molecule has 74 valence electrons. The van der Waals surface area contributed by atoms with Crippen LogP contribution >= 0.6 is 0 Å². The monoisotopic (exact) mass is 180 g/mol. The average Bonchev–Trinajstić information content (AvgIpc) is 2.18. The molecule has 0 fully saturated rings. The van der Waals surface area contributed by atoms with Gasteiger partial charge in [0.15, 0.2) is 0 Å². The van der Waals surface area contributed by atoms with Gasteiger partial charge >= 0.3 is 0 Å². The van der Waals surface area contributed by atoms with Crippen LogP contribution in [-0.4, -0.2) is 36.8 Å². The Bertz CT molecular complexity index is 196. The van der Waals surface area contributed by atoms with Crippen molar-refractivity contribution in [1.82, 2.24) is 4.90 Å². The summed E-state index contributed by atoms with van der Waals surface area (Å²) in [4.78, 5) is 6.82. The highest BCUT2D eigenvalue weighted by Crippen LogP contribution is 2.08. The Balaban J connectivity index is 2.31. The van der Waals surface area contributed by atoms with Gasteiger partial charge in [-0.2, -0.15) is 0 Å². The minimum atomic E-state index is 0.476. The summed E-state index contributed by atoms with van der Waals surface area (Å²) in [6.07, 6.45) is 8.44. The van der Waals surface area contributed by atoms with Gasteiger partial charge in [0.25, 0.3) is 0 Å². The summed E-state index contributed by atoms with van der Waals surface area (Å²) in [7, 11) is 2.18. The molecule has 2 nitrogen and oxygen atoms in total. The third-order valence-corrected chi connectivity index (χ3v) is 2.77. The first-order valence-electron chi connectivity index (χ1n) is 5.12. The van der Waals surface area contributed by atoms with Crippen molar-refractivity contribution in [3.8, 4) is 0 Å². The van der Waals surface area contributed by atoms with Crippen LogP contribution in [0.15, 0.2) is 17.1 Å². The van der Waals surface area contributed by atoms with Crippen molar-refractivity contribution in [3.63, 3.8) is 0 Å². The van der Waals surface area contributed by atoms with Gasteiger partial charge in [0.1, 0.15) is 0 Å². The van der Waals surface area contributed by atoms with E-state index in [9.17, 15) is 0 Å². The van der Waals surface area contributed by atoms with Crippen molar-refractivity contribution in [3.05, 3.63) is 12.2 Å². The maximum absolute atomic E-state index is 4.43. The second-order valence-electron chi connectivity index (χ2n) is 3.81. The summed E-state index contributed by atoms with van der Waals surface area (Å²) in [5.74, 6) is 0. The molecule has 0 amide bonds. The van der Waals surface area contributed by atoms with Crippen LogP contribution < -0.4 is 0 Å². The van der Waals surface area contributed by atoms with Crippen LogP contribution in [-0.2, 0) is 0 Å². The zero-order chi connectivity index (χ0) is 9.68. The van der Waals surface area contributed by atoms with Gasteiger partial charge < -0.3 is 4.90 Å². The lowest BCUT2D eigenvalue weighted by Crippen LogP contribution is -2.35. The van der Waals surface area contributed by atoms with E-state index in [0.717, 1.165) is 13.0 Å². The number of likely N-dealkylation sites (N-methyl/N-ethyl adjacent to an activating group) is 1. The van der Waals surface area contributed by atoms with Crippen molar-refractivity contribution >= 4 is 6.21 Å². The van der Waals surface area contributed by atoms with Crippen molar-refractivity contribution in [2.45, 2.75) is 38.8 Å². The number of nitrogens with zero attached hydrogens (tertiary/aromatic N) is 2. The molecule has 0 bridgehead atoms. The number of hydrogen-bond acceptors (Lipinski definition) is 2. The van der Waals surface area contributed by atoms with Gasteiger partial charge in [-0.05, 0) is 32.9 Å². The maximum atomic E-state index is 4.43. The van der Waals surface area contributed by atoms with E-state index in [-0.39, 0.29) is 0 Å². The van der Waals surface area contributed by atoms with Crippen LogP contribution in [0.2, 0.25) is 0 Å². The molecule has 0 aromatic heterocycles. The van der Waals surface area contributed by atoms with Crippen molar-refractivity contribution in [2.24, 2.45) is 4.99 Å². The molecule has 0 radical (unpaired) electrons. The predicted octanol–water partition coefficient (Wildman–Crippen LogP) is 2.12. The van der Waals surface area contributed by atoms with Crippen molar-refractivity contribution in [2.75, 3.05) is 13.6 Å². The lowest BCUT2D eigenvalue weighted by molar-refractivity contribution is 0.237. The highest BCUT2D eigenvalue weighted by molar-refractivity contribution is 5.72. The quantitative estimate of drug-likeness (QED) is 0.647. The van der Waals surface area contributed by atoms with E-state index in [1.165, 1.54) is 6.42 Å². The first kappa shape index (κ1) is 10.5.